The number of nitrogens with one attached hydrogen (secondary N) is 1. The summed E-state index contributed by atoms with van der Waals surface area (Å²) < 4.78 is 0. The van der Waals surface area contributed by atoms with Crippen molar-refractivity contribution in [1.82, 2.24) is 5.32 Å². The second-order valence-corrected chi connectivity index (χ2v) is 6.33. The predicted octanol–water partition coefficient (Wildman–Crippen LogP) is 1.94. The first kappa shape index (κ1) is 13.2. The molecule has 0 spiro atoms. The molecular weight excluding hydrogens is 254 g/mol. The van der Waals surface area contributed by atoms with Gasteiger partial charge in [0.2, 0.25) is 5.91 Å². The molecule has 2 aliphatic rings. The highest BCUT2D eigenvalue weighted by Crippen LogP contribution is 2.44. The number of carboxylic acids is 1. The van der Waals surface area contributed by atoms with Gasteiger partial charge in [-0.05, 0) is 30.2 Å². The smallest absolute Gasteiger partial charge is 0.307 e. The summed E-state index contributed by atoms with van der Waals surface area (Å²) in [6, 6.07) is 10.5. The molecule has 0 aromatic heterocycles. The fraction of sp³-hybridized carbons (Fsp3) is 0.500. The van der Waals surface area contributed by atoms with Crippen LogP contribution in [0.4, 0.5) is 0 Å². The molecule has 2 fully saturated rings. The Morgan fingerprint density at radius 2 is 1.85 bits per heavy atom. The van der Waals surface area contributed by atoms with E-state index in [1.165, 1.54) is 5.56 Å². The molecule has 0 heterocycles. The third-order valence-corrected chi connectivity index (χ3v) is 4.66. The highest BCUT2D eigenvalue weighted by atomic mass is 16.4. The van der Waals surface area contributed by atoms with Crippen molar-refractivity contribution in [3.63, 3.8) is 0 Å². The summed E-state index contributed by atoms with van der Waals surface area (Å²) in [6.07, 6.45) is 2.34. The lowest BCUT2D eigenvalue weighted by molar-refractivity contribution is -0.140. The lowest BCUT2D eigenvalue weighted by Gasteiger charge is -2.46. The molecule has 2 atom stereocenters. The van der Waals surface area contributed by atoms with Crippen molar-refractivity contribution in [2.45, 2.75) is 37.6 Å². The fourth-order valence-corrected chi connectivity index (χ4v) is 3.27. The molecule has 0 radical (unpaired) electrons. The van der Waals surface area contributed by atoms with E-state index in [4.69, 9.17) is 5.11 Å². The van der Waals surface area contributed by atoms with E-state index in [0.29, 0.717) is 6.42 Å². The monoisotopic (exact) mass is 273 g/mol. The van der Waals surface area contributed by atoms with E-state index in [2.05, 4.69) is 24.4 Å². The Labute approximate surface area is 118 Å². The van der Waals surface area contributed by atoms with E-state index < -0.39 is 11.9 Å². The summed E-state index contributed by atoms with van der Waals surface area (Å²) in [5.41, 5.74) is 1.44. The number of hydrogen-bond donors (Lipinski definition) is 2. The summed E-state index contributed by atoms with van der Waals surface area (Å²) >= 11 is 0. The van der Waals surface area contributed by atoms with E-state index >= 15 is 0 Å². The number of carbonyl (C=O) groups excluding carboxylic acids is 1. The van der Waals surface area contributed by atoms with Crippen LogP contribution in [0.1, 0.15) is 31.7 Å². The maximum Gasteiger partial charge on any atom is 0.307 e. The SMILES string of the molecule is CC1(c2ccccc2)CC(NC(=O)[C@@H]2C[C@H]2C(=O)O)C1. The molecule has 106 valence electrons. The van der Waals surface area contributed by atoms with Crippen LogP contribution in [0.15, 0.2) is 30.3 Å². The zero-order valence-electron chi connectivity index (χ0n) is 11.5. The fourth-order valence-electron chi connectivity index (χ4n) is 3.27. The summed E-state index contributed by atoms with van der Waals surface area (Å²) in [7, 11) is 0. The molecule has 0 aliphatic heterocycles. The molecule has 0 saturated heterocycles. The van der Waals surface area contributed by atoms with E-state index in [-0.39, 0.29) is 23.3 Å². The van der Waals surface area contributed by atoms with Gasteiger partial charge >= 0.3 is 5.97 Å². The number of benzene rings is 1. The molecule has 1 aromatic carbocycles. The van der Waals surface area contributed by atoms with Crippen LogP contribution >= 0.6 is 0 Å². The largest absolute Gasteiger partial charge is 0.481 e. The topological polar surface area (TPSA) is 66.4 Å². The van der Waals surface area contributed by atoms with Crippen molar-refractivity contribution in [2.75, 3.05) is 0 Å². The standard InChI is InChI=1S/C16H19NO3/c1-16(10-5-3-2-4-6-10)8-11(9-16)17-14(18)12-7-13(12)15(19)20/h2-6,11-13H,7-9H2,1H3,(H,17,18)(H,19,20)/t11?,12-,13-,16?/m1/s1. The van der Waals surface area contributed by atoms with Crippen LogP contribution in [0.5, 0.6) is 0 Å². The highest BCUT2D eigenvalue weighted by molar-refractivity contribution is 5.89. The van der Waals surface area contributed by atoms with Crippen LogP contribution in [0.3, 0.4) is 0 Å². The first-order valence-corrected chi connectivity index (χ1v) is 7.08. The van der Waals surface area contributed by atoms with Crippen LogP contribution in [0, 0.1) is 11.8 Å². The predicted molar refractivity (Wildman–Crippen MR) is 74.2 cm³/mol. The second kappa shape index (κ2) is 4.62. The summed E-state index contributed by atoms with van der Waals surface area (Å²) in [5, 5.41) is 11.8. The molecule has 20 heavy (non-hydrogen) atoms. The quantitative estimate of drug-likeness (QED) is 0.881. The van der Waals surface area contributed by atoms with Crippen LogP contribution in [-0.2, 0) is 15.0 Å². The Morgan fingerprint density at radius 3 is 2.40 bits per heavy atom. The normalized spacial score (nSPS) is 35.0. The number of hydrogen-bond acceptors (Lipinski definition) is 2. The van der Waals surface area contributed by atoms with Gasteiger partial charge in [0.25, 0.3) is 0 Å². The average Bonchev–Trinajstić information content (AvgIpc) is 3.18. The Hall–Kier alpha value is -1.84. The van der Waals surface area contributed by atoms with Gasteiger partial charge in [0, 0.05) is 6.04 Å². The molecule has 0 bridgehead atoms. The lowest BCUT2D eigenvalue weighted by Crippen LogP contribution is -2.52. The van der Waals surface area contributed by atoms with Gasteiger partial charge in [-0.3, -0.25) is 9.59 Å². The Kier molecular flexibility index (Phi) is 3.04. The minimum Gasteiger partial charge on any atom is -0.481 e. The zero-order chi connectivity index (χ0) is 14.3. The molecule has 0 unspecified atom stereocenters. The maximum atomic E-state index is 11.9. The molecule has 4 heteroatoms. The molecule has 3 rings (SSSR count). The third kappa shape index (κ3) is 2.30. The maximum absolute atomic E-state index is 11.9. The molecule has 4 nitrogen and oxygen atoms in total. The first-order chi connectivity index (χ1) is 9.49. The van der Waals surface area contributed by atoms with Crippen molar-refractivity contribution in [2.24, 2.45) is 11.8 Å². The Bertz CT molecular complexity index is 534. The average molecular weight is 273 g/mol. The van der Waals surface area contributed by atoms with Gasteiger partial charge in [-0.1, -0.05) is 37.3 Å². The van der Waals surface area contributed by atoms with Gasteiger partial charge in [-0.25, -0.2) is 0 Å². The Balaban J connectivity index is 1.52. The molecule has 2 saturated carbocycles. The number of aliphatic carboxylic acids is 1. The number of carboxylic acid groups (broad SMARTS) is 1. The number of rotatable bonds is 4. The third-order valence-electron chi connectivity index (χ3n) is 4.66. The van der Waals surface area contributed by atoms with Crippen LogP contribution < -0.4 is 5.32 Å². The number of carbonyl (C=O) groups is 2. The van der Waals surface area contributed by atoms with E-state index in [9.17, 15) is 9.59 Å². The van der Waals surface area contributed by atoms with Gasteiger partial charge in [-0.15, -0.1) is 0 Å². The van der Waals surface area contributed by atoms with Crippen molar-refractivity contribution < 1.29 is 14.7 Å². The van der Waals surface area contributed by atoms with Gasteiger partial charge in [-0.2, -0.15) is 0 Å². The molecule has 1 aromatic rings. The van der Waals surface area contributed by atoms with Gasteiger partial charge in [0.1, 0.15) is 0 Å². The summed E-state index contributed by atoms with van der Waals surface area (Å²) in [4.78, 5) is 22.7. The van der Waals surface area contributed by atoms with Crippen molar-refractivity contribution in [3.05, 3.63) is 35.9 Å². The van der Waals surface area contributed by atoms with Crippen molar-refractivity contribution >= 4 is 11.9 Å². The van der Waals surface area contributed by atoms with Crippen molar-refractivity contribution in [1.29, 1.82) is 0 Å². The Morgan fingerprint density at radius 1 is 1.20 bits per heavy atom. The molecule has 2 N–H and O–H groups in total. The van der Waals surface area contributed by atoms with E-state index in [0.717, 1.165) is 12.8 Å². The number of amides is 1. The van der Waals surface area contributed by atoms with E-state index in [1.54, 1.807) is 0 Å². The van der Waals surface area contributed by atoms with Crippen LogP contribution in [0.25, 0.3) is 0 Å². The minimum atomic E-state index is -0.854. The van der Waals surface area contributed by atoms with Gasteiger partial charge in [0.15, 0.2) is 0 Å². The minimum absolute atomic E-state index is 0.0856. The highest BCUT2D eigenvalue weighted by Gasteiger charge is 2.50. The first-order valence-electron chi connectivity index (χ1n) is 7.08. The van der Waals surface area contributed by atoms with Crippen molar-refractivity contribution in [3.8, 4) is 0 Å². The summed E-state index contributed by atoms with van der Waals surface area (Å²) in [5.74, 6) is -1.71. The van der Waals surface area contributed by atoms with Crippen LogP contribution in [-0.4, -0.2) is 23.0 Å². The van der Waals surface area contributed by atoms with E-state index in [1.807, 2.05) is 18.2 Å². The van der Waals surface area contributed by atoms with Crippen LogP contribution in [0.2, 0.25) is 0 Å². The zero-order valence-corrected chi connectivity index (χ0v) is 11.5. The van der Waals surface area contributed by atoms with Gasteiger partial charge in [0.05, 0.1) is 11.8 Å². The second-order valence-electron chi connectivity index (χ2n) is 6.33. The summed E-state index contributed by atoms with van der Waals surface area (Å²) in [6.45, 7) is 2.21. The lowest BCUT2D eigenvalue weighted by atomic mass is 9.63. The van der Waals surface area contributed by atoms with Gasteiger partial charge < -0.3 is 10.4 Å². The molecule has 2 aliphatic carbocycles. The molecular formula is C16H19NO3. The molecule has 1 amide bonds.